The Balaban J connectivity index is 2.13. The van der Waals surface area contributed by atoms with Crippen LogP contribution in [0, 0.1) is 12.8 Å². The van der Waals surface area contributed by atoms with Crippen molar-refractivity contribution in [3.63, 3.8) is 0 Å². The number of hydrogen-bond acceptors (Lipinski definition) is 4. The highest BCUT2D eigenvalue weighted by atomic mass is 15.1. The molecular weight excluding hydrogens is 248 g/mol. The number of nitrogens with one attached hydrogen (secondary N) is 2. The zero-order valence-electron chi connectivity index (χ0n) is 13.3. The number of aryl methyl sites for hydroxylation is 1. The van der Waals surface area contributed by atoms with Crippen LogP contribution in [-0.4, -0.2) is 22.6 Å². The van der Waals surface area contributed by atoms with Crippen molar-refractivity contribution in [3.05, 3.63) is 11.4 Å². The van der Waals surface area contributed by atoms with Crippen LogP contribution in [0.2, 0.25) is 0 Å². The average molecular weight is 276 g/mol. The lowest BCUT2D eigenvalue weighted by Crippen LogP contribution is -2.13. The highest BCUT2D eigenvalue weighted by Crippen LogP contribution is 2.37. The molecule has 1 aromatic heterocycles. The number of hydrogen-bond donors (Lipinski definition) is 2. The summed E-state index contributed by atoms with van der Waals surface area (Å²) in [7, 11) is 0. The first kappa shape index (κ1) is 15.1. The van der Waals surface area contributed by atoms with Gasteiger partial charge in [0.25, 0.3) is 0 Å². The van der Waals surface area contributed by atoms with Gasteiger partial charge in [-0.3, -0.25) is 0 Å². The standard InChI is InChI=1S/C16H28N4/c1-5-8-12-10-13(12)18-16-11(4)15(17-7-3)19-14(20-16)9-6-2/h12-13H,5-10H2,1-4H3,(H2,17,18,19,20). The molecule has 20 heavy (non-hydrogen) atoms. The summed E-state index contributed by atoms with van der Waals surface area (Å²) in [6.07, 6.45) is 5.91. The maximum Gasteiger partial charge on any atom is 0.135 e. The minimum absolute atomic E-state index is 0.618. The van der Waals surface area contributed by atoms with Crippen molar-refractivity contribution in [1.82, 2.24) is 9.97 Å². The second-order valence-electron chi connectivity index (χ2n) is 5.78. The number of aromatic nitrogens is 2. The van der Waals surface area contributed by atoms with Crippen LogP contribution < -0.4 is 10.6 Å². The second-order valence-corrected chi connectivity index (χ2v) is 5.78. The molecule has 0 saturated heterocycles. The molecule has 2 atom stereocenters. The third-order valence-electron chi connectivity index (χ3n) is 3.91. The Morgan fingerprint density at radius 2 is 1.85 bits per heavy atom. The smallest absolute Gasteiger partial charge is 0.135 e. The van der Waals surface area contributed by atoms with Gasteiger partial charge in [-0.2, -0.15) is 0 Å². The lowest BCUT2D eigenvalue weighted by Gasteiger charge is -2.14. The highest BCUT2D eigenvalue weighted by molar-refractivity contribution is 5.58. The van der Waals surface area contributed by atoms with E-state index in [1.807, 2.05) is 0 Å². The van der Waals surface area contributed by atoms with Crippen molar-refractivity contribution in [2.75, 3.05) is 17.2 Å². The molecule has 0 radical (unpaired) electrons. The first-order valence-electron chi connectivity index (χ1n) is 8.07. The van der Waals surface area contributed by atoms with Gasteiger partial charge in [0.15, 0.2) is 0 Å². The van der Waals surface area contributed by atoms with E-state index in [4.69, 9.17) is 4.98 Å². The van der Waals surface area contributed by atoms with E-state index in [-0.39, 0.29) is 0 Å². The molecule has 4 heteroatoms. The van der Waals surface area contributed by atoms with E-state index >= 15 is 0 Å². The van der Waals surface area contributed by atoms with Crippen LogP contribution in [0.25, 0.3) is 0 Å². The normalized spacial score (nSPS) is 20.8. The lowest BCUT2D eigenvalue weighted by molar-refractivity contribution is 0.691. The number of nitrogens with zero attached hydrogens (tertiary/aromatic N) is 2. The minimum Gasteiger partial charge on any atom is -0.370 e. The fourth-order valence-corrected chi connectivity index (χ4v) is 2.67. The summed E-state index contributed by atoms with van der Waals surface area (Å²) in [5.74, 6) is 3.81. The number of rotatable bonds is 8. The minimum atomic E-state index is 0.618. The maximum absolute atomic E-state index is 4.72. The average Bonchev–Trinajstić information content (AvgIpc) is 3.14. The van der Waals surface area contributed by atoms with E-state index in [2.05, 4.69) is 43.3 Å². The van der Waals surface area contributed by atoms with Crippen LogP contribution in [-0.2, 0) is 6.42 Å². The lowest BCUT2D eigenvalue weighted by atomic mass is 10.2. The molecule has 0 aromatic carbocycles. The Morgan fingerprint density at radius 3 is 2.50 bits per heavy atom. The summed E-state index contributed by atoms with van der Waals surface area (Å²) in [6.45, 7) is 9.53. The van der Waals surface area contributed by atoms with E-state index in [9.17, 15) is 0 Å². The van der Waals surface area contributed by atoms with Gasteiger partial charge < -0.3 is 10.6 Å². The fraction of sp³-hybridized carbons (Fsp3) is 0.750. The Morgan fingerprint density at radius 1 is 1.10 bits per heavy atom. The van der Waals surface area contributed by atoms with Crippen LogP contribution >= 0.6 is 0 Å². The third-order valence-corrected chi connectivity index (χ3v) is 3.91. The van der Waals surface area contributed by atoms with E-state index in [0.717, 1.165) is 48.3 Å². The van der Waals surface area contributed by atoms with Crippen LogP contribution in [0.5, 0.6) is 0 Å². The molecule has 2 N–H and O–H groups in total. The molecule has 2 unspecified atom stereocenters. The molecule has 1 fully saturated rings. The van der Waals surface area contributed by atoms with Crippen molar-refractivity contribution in [2.24, 2.45) is 5.92 Å². The van der Waals surface area contributed by atoms with Crippen LogP contribution in [0.15, 0.2) is 0 Å². The molecule has 1 aliphatic carbocycles. The molecule has 2 rings (SSSR count). The van der Waals surface area contributed by atoms with E-state index in [1.54, 1.807) is 0 Å². The first-order valence-corrected chi connectivity index (χ1v) is 8.07. The highest BCUT2D eigenvalue weighted by Gasteiger charge is 2.36. The van der Waals surface area contributed by atoms with Crippen molar-refractivity contribution < 1.29 is 0 Å². The van der Waals surface area contributed by atoms with Crippen molar-refractivity contribution in [3.8, 4) is 0 Å². The van der Waals surface area contributed by atoms with Gasteiger partial charge in [-0.05, 0) is 39.0 Å². The Kier molecular flexibility index (Phi) is 5.21. The summed E-state index contributed by atoms with van der Waals surface area (Å²) in [5.41, 5.74) is 1.15. The molecule has 1 heterocycles. The third kappa shape index (κ3) is 3.62. The molecule has 1 aliphatic rings. The summed E-state index contributed by atoms with van der Waals surface area (Å²) in [5, 5.41) is 6.98. The summed E-state index contributed by atoms with van der Waals surface area (Å²) < 4.78 is 0. The number of anilines is 2. The van der Waals surface area contributed by atoms with Gasteiger partial charge >= 0.3 is 0 Å². The van der Waals surface area contributed by atoms with Crippen LogP contribution in [0.1, 0.15) is 57.8 Å². The van der Waals surface area contributed by atoms with E-state index in [1.165, 1.54) is 19.3 Å². The largest absolute Gasteiger partial charge is 0.370 e. The predicted octanol–water partition coefficient (Wildman–Crippen LogP) is 3.77. The van der Waals surface area contributed by atoms with Crippen LogP contribution in [0.4, 0.5) is 11.6 Å². The fourth-order valence-electron chi connectivity index (χ4n) is 2.67. The van der Waals surface area contributed by atoms with Crippen molar-refractivity contribution in [1.29, 1.82) is 0 Å². The molecule has 4 nitrogen and oxygen atoms in total. The zero-order chi connectivity index (χ0) is 14.5. The molecule has 0 aliphatic heterocycles. The molecule has 0 spiro atoms. The molecular formula is C16H28N4. The van der Waals surface area contributed by atoms with Gasteiger partial charge in [-0.1, -0.05) is 20.3 Å². The Hall–Kier alpha value is -1.32. The summed E-state index contributed by atoms with van der Waals surface area (Å²) >= 11 is 0. The predicted molar refractivity (Wildman–Crippen MR) is 85.4 cm³/mol. The van der Waals surface area contributed by atoms with Gasteiger partial charge in [0, 0.05) is 24.6 Å². The molecule has 0 amide bonds. The SMILES string of the molecule is CCCc1nc(NCC)c(C)c(NC2CC2CCC)n1. The van der Waals surface area contributed by atoms with Crippen molar-refractivity contribution in [2.45, 2.75) is 65.8 Å². The van der Waals surface area contributed by atoms with Gasteiger partial charge in [0.2, 0.25) is 0 Å². The Bertz CT molecular complexity index is 444. The van der Waals surface area contributed by atoms with Crippen molar-refractivity contribution >= 4 is 11.6 Å². The second kappa shape index (κ2) is 6.91. The monoisotopic (exact) mass is 276 g/mol. The van der Waals surface area contributed by atoms with Gasteiger partial charge in [0.1, 0.15) is 17.5 Å². The topological polar surface area (TPSA) is 49.8 Å². The molecule has 112 valence electrons. The van der Waals surface area contributed by atoms with E-state index < -0.39 is 0 Å². The summed E-state index contributed by atoms with van der Waals surface area (Å²) in [4.78, 5) is 9.35. The maximum atomic E-state index is 4.72. The van der Waals surface area contributed by atoms with Gasteiger partial charge in [-0.15, -0.1) is 0 Å². The van der Waals surface area contributed by atoms with Crippen LogP contribution in [0.3, 0.4) is 0 Å². The summed E-state index contributed by atoms with van der Waals surface area (Å²) in [6, 6.07) is 0.618. The quantitative estimate of drug-likeness (QED) is 0.759. The van der Waals surface area contributed by atoms with E-state index in [0.29, 0.717) is 6.04 Å². The van der Waals surface area contributed by atoms with Gasteiger partial charge in [0.05, 0.1) is 0 Å². The Labute approximate surface area is 122 Å². The van der Waals surface area contributed by atoms with Gasteiger partial charge in [-0.25, -0.2) is 9.97 Å². The molecule has 0 bridgehead atoms. The first-order chi connectivity index (χ1) is 9.69. The molecule has 1 saturated carbocycles. The zero-order valence-corrected chi connectivity index (χ0v) is 13.3. The molecule has 1 aromatic rings.